The maximum atomic E-state index is 5.73. The minimum atomic E-state index is 0.299. The van der Waals surface area contributed by atoms with Crippen molar-refractivity contribution in [2.45, 2.75) is 39.7 Å². The molecular formula is C14H22N2. The normalized spacial score (nSPS) is 19.5. The smallest absolute Gasteiger partial charge is 0.0490 e. The lowest BCUT2D eigenvalue weighted by Gasteiger charge is -2.25. The second-order valence-electron chi connectivity index (χ2n) is 5.20. The van der Waals surface area contributed by atoms with Crippen LogP contribution in [-0.4, -0.2) is 0 Å². The van der Waals surface area contributed by atoms with Gasteiger partial charge in [0.05, 0.1) is 0 Å². The SMILES string of the molecule is Cc1ccc(C(NN)C(C)C2CC2)c(C)c1. The fourth-order valence-electron chi connectivity index (χ4n) is 2.59. The van der Waals surface area contributed by atoms with Gasteiger partial charge >= 0.3 is 0 Å². The number of nitrogens with one attached hydrogen (secondary N) is 1. The molecule has 0 aliphatic heterocycles. The summed E-state index contributed by atoms with van der Waals surface area (Å²) in [5.41, 5.74) is 7.01. The molecule has 0 heterocycles. The lowest BCUT2D eigenvalue weighted by molar-refractivity contribution is 0.353. The molecule has 0 bridgehead atoms. The molecule has 1 aromatic carbocycles. The molecule has 1 aromatic rings. The first kappa shape index (κ1) is 11.6. The van der Waals surface area contributed by atoms with Crippen LogP contribution >= 0.6 is 0 Å². The molecule has 2 nitrogen and oxygen atoms in total. The molecule has 88 valence electrons. The van der Waals surface area contributed by atoms with Gasteiger partial charge in [-0.05, 0) is 49.7 Å². The highest BCUT2D eigenvalue weighted by Crippen LogP contribution is 2.42. The van der Waals surface area contributed by atoms with E-state index in [2.05, 4.69) is 44.4 Å². The quantitative estimate of drug-likeness (QED) is 0.602. The van der Waals surface area contributed by atoms with Gasteiger partial charge in [0.15, 0.2) is 0 Å². The van der Waals surface area contributed by atoms with Crippen LogP contribution in [0.2, 0.25) is 0 Å². The highest BCUT2D eigenvalue weighted by atomic mass is 15.2. The Hall–Kier alpha value is -0.860. The second-order valence-corrected chi connectivity index (χ2v) is 5.20. The van der Waals surface area contributed by atoms with Gasteiger partial charge in [-0.2, -0.15) is 0 Å². The van der Waals surface area contributed by atoms with E-state index in [4.69, 9.17) is 5.84 Å². The average molecular weight is 218 g/mol. The first-order chi connectivity index (χ1) is 7.63. The molecule has 1 saturated carbocycles. The van der Waals surface area contributed by atoms with E-state index >= 15 is 0 Å². The van der Waals surface area contributed by atoms with Crippen LogP contribution in [0, 0.1) is 25.7 Å². The van der Waals surface area contributed by atoms with E-state index in [-0.39, 0.29) is 0 Å². The summed E-state index contributed by atoms with van der Waals surface area (Å²) in [5, 5.41) is 0. The first-order valence-corrected chi connectivity index (χ1v) is 6.16. The summed E-state index contributed by atoms with van der Waals surface area (Å²) in [6.45, 7) is 6.61. The summed E-state index contributed by atoms with van der Waals surface area (Å²) in [6.07, 6.45) is 2.73. The molecule has 2 heteroatoms. The maximum absolute atomic E-state index is 5.73. The molecule has 1 aliphatic carbocycles. The van der Waals surface area contributed by atoms with Crippen molar-refractivity contribution in [3.8, 4) is 0 Å². The third kappa shape index (κ3) is 2.28. The third-order valence-corrected chi connectivity index (χ3v) is 3.83. The van der Waals surface area contributed by atoms with Crippen LogP contribution in [0.5, 0.6) is 0 Å². The van der Waals surface area contributed by atoms with Gasteiger partial charge in [0.2, 0.25) is 0 Å². The number of rotatable bonds is 4. The Bertz CT molecular complexity index is 369. The molecule has 2 rings (SSSR count). The fourth-order valence-corrected chi connectivity index (χ4v) is 2.59. The molecule has 1 aliphatic rings. The number of hydrogen-bond acceptors (Lipinski definition) is 2. The Morgan fingerprint density at radius 1 is 1.31 bits per heavy atom. The predicted octanol–water partition coefficient (Wildman–Crippen LogP) is 2.85. The van der Waals surface area contributed by atoms with Crippen molar-refractivity contribution in [1.29, 1.82) is 0 Å². The van der Waals surface area contributed by atoms with Crippen molar-refractivity contribution in [1.82, 2.24) is 5.43 Å². The van der Waals surface area contributed by atoms with Crippen molar-refractivity contribution in [3.63, 3.8) is 0 Å². The van der Waals surface area contributed by atoms with Crippen LogP contribution in [-0.2, 0) is 0 Å². The monoisotopic (exact) mass is 218 g/mol. The number of aryl methyl sites for hydroxylation is 2. The predicted molar refractivity (Wildman–Crippen MR) is 67.9 cm³/mol. The largest absolute Gasteiger partial charge is 0.271 e. The van der Waals surface area contributed by atoms with Crippen LogP contribution in [0.4, 0.5) is 0 Å². The summed E-state index contributed by atoms with van der Waals surface area (Å²) in [4.78, 5) is 0. The molecule has 3 N–H and O–H groups in total. The molecule has 0 amide bonds. The summed E-state index contributed by atoms with van der Waals surface area (Å²) < 4.78 is 0. The summed E-state index contributed by atoms with van der Waals surface area (Å²) >= 11 is 0. The molecule has 0 aromatic heterocycles. The van der Waals surface area contributed by atoms with Crippen LogP contribution < -0.4 is 11.3 Å². The van der Waals surface area contributed by atoms with Crippen molar-refractivity contribution >= 4 is 0 Å². The van der Waals surface area contributed by atoms with Crippen molar-refractivity contribution in [2.75, 3.05) is 0 Å². The lowest BCUT2D eigenvalue weighted by Crippen LogP contribution is -2.33. The van der Waals surface area contributed by atoms with Crippen LogP contribution in [0.25, 0.3) is 0 Å². The lowest BCUT2D eigenvalue weighted by atomic mass is 9.88. The molecule has 2 unspecified atom stereocenters. The van der Waals surface area contributed by atoms with Gasteiger partial charge in [-0.3, -0.25) is 11.3 Å². The highest BCUT2D eigenvalue weighted by molar-refractivity contribution is 5.33. The Kier molecular flexibility index (Phi) is 3.31. The third-order valence-electron chi connectivity index (χ3n) is 3.83. The standard InChI is InChI=1S/C14H22N2/c1-9-4-7-13(10(2)8-9)14(16-15)11(3)12-5-6-12/h4,7-8,11-12,14,16H,5-6,15H2,1-3H3. The molecule has 0 saturated heterocycles. The van der Waals surface area contributed by atoms with Crippen molar-refractivity contribution < 1.29 is 0 Å². The zero-order chi connectivity index (χ0) is 11.7. The zero-order valence-electron chi connectivity index (χ0n) is 10.5. The van der Waals surface area contributed by atoms with Gasteiger partial charge < -0.3 is 0 Å². The highest BCUT2D eigenvalue weighted by Gasteiger charge is 2.33. The number of benzene rings is 1. The Morgan fingerprint density at radius 2 is 2.00 bits per heavy atom. The number of nitrogens with two attached hydrogens (primary N) is 1. The van der Waals surface area contributed by atoms with E-state index < -0.39 is 0 Å². The Balaban J connectivity index is 2.24. The molecule has 0 radical (unpaired) electrons. The molecule has 0 spiro atoms. The fraction of sp³-hybridized carbons (Fsp3) is 0.571. The van der Waals surface area contributed by atoms with E-state index in [1.807, 2.05) is 0 Å². The maximum Gasteiger partial charge on any atom is 0.0490 e. The molecule has 2 atom stereocenters. The van der Waals surface area contributed by atoms with Gasteiger partial charge in [0.25, 0.3) is 0 Å². The number of hydrazine groups is 1. The van der Waals surface area contributed by atoms with Crippen LogP contribution in [0.3, 0.4) is 0 Å². The summed E-state index contributed by atoms with van der Waals surface area (Å²) in [7, 11) is 0. The number of hydrogen-bond donors (Lipinski definition) is 2. The second kappa shape index (κ2) is 4.56. The molecular weight excluding hydrogens is 196 g/mol. The van der Waals surface area contributed by atoms with E-state index in [0.717, 1.165) is 5.92 Å². The van der Waals surface area contributed by atoms with Crippen LogP contribution in [0.1, 0.15) is 42.5 Å². The Morgan fingerprint density at radius 3 is 2.50 bits per heavy atom. The Labute approximate surface area is 98.2 Å². The van der Waals surface area contributed by atoms with Crippen LogP contribution in [0.15, 0.2) is 18.2 Å². The van der Waals surface area contributed by atoms with Gasteiger partial charge in [-0.1, -0.05) is 30.7 Å². The van der Waals surface area contributed by atoms with E-state index in [0.29, 0.717) is 12.0 Å². The van der Waals surface area contributed by atoms with Crippen molar-refractivity contribution in [3.05, 3.63) is 34.9 Å². The summed E-state index contributed by atoms with van der Waals surface area (Å²) in [5.74, 6) is 7.22. The average Bonchev–Trinajstić information content (AvgIpc) is 3.05. The van der Waals surface area contributed by atoms with E-state index in [9.17, 15) is 0 Å². The van der Waals surface area contributed by atoms with Gasteiger partial charge in [0, 0.05) is 6.04 Å². The molecule has 1 fully saturated rings. The van der Waals surface area contributed by atoms with Gasteiger partial charge in [-0.15, -0.1) is 0 Å². The zero-order valence-corrected chi connectivity index (χ0v) is 10.5. The van der Waals surface area contributed by atoms with Crippen molar-refractivity contribution in [2.24, 2.45) is 17.7 Å². The summed E-state index contributed by atoms with van der Waals surface area (Å²) in [6, 6.07) is 6.92. The topological polar surface area (TPSA) is 38.0 Å². The minimum absolute atomic E-state index is 0.299. The van der Waals surface area contributed by atoms with E-state index in [1.54, 1.807) is 0 Å². The first-order valence-electron chi connectivity index (χ1n) is 6.16. The van der Waals surface area contributed by atoms with E-state index in [1.165, 1.54) is 29.5 Å². The van der Waals surface area contributed by atoms with Gasteiger partial charge in [-0.25, -0.2) is 0 Å². The minimum Gasteiger partial charge on any atom is -0.271 e. The van der Waals surface area contributed by atoms with Gasteiger partial charge in [0.1, 0.15) is 0 Å². The molecule has 16 heavy (non-hydrogen) atoms.